The zero-order valence-electron chi connectivity index (χ0n) is 21.9. The summed E-state index contributed by atoms with van der Waals surface area (Å²) in [6.45, 7) is 0.966. The molecule has 0 N–H and O–H groups in total. The number of thiazole rings is 1. The van der Waals surface area contributed by atoms with E-state index in [4.69, 9.17) is 9.15 Å². The third-order valence-electron chi connectivity index (χ3n) is 6.78. The minimum Gasteiger partial charge on any atom is -0.497 e. The van der Waals surface area contributed by atoms with E-state index in [1.165, 1.54) is 52.4 Å². The van der Waals surface area contributed by atoms with Gasteiger partial charge in [-0.25, -0.2) is 13.4 Å². The SMILES string of the molecule is COc1ccc2nc(N(/N=C/c3coc4ccccc4c3=O)C(=O)c3ccc(S(=O)(=O)N4CCCC4)cc3)sc2c1. The van der Waals surface area contributed by atoms with E-state index in [-0.39, 0.29) is 26.6 Å². The first-order chi connectivity index (χ1) is 19.8. The average Bonchev–Trinajstić information content (AvgIpc) is 3.69. The molecule has 0 bridgehead atoms. The summed E-state index contributed by atoms with van der Waals surface area (Å²) in [5, 5.41) is 6.11. The van der Waals surface area contributed by atoms with E-state index in [0.29, 0.717) is 35.3 Å². The lowest BCUT2D eigenvalue weighted by molar-refractivity contribution is 0.0987. The van der Waals surface area contributed by atoms with Crippen LogP contribution in [0.5, 0.6) is 5.75 Å². The molecule has 1 fully saturated rings. The molecule has 2 aromatic heterocycles. The molecule has 3 heterocycles. The number of amides is 1. The second-order valence-electron chi connectivity index (χ2n) is 9.34. The molecule has 0 radical (unpaired) electrons. The highest BCUT2D eigenvalue weighted by Crippen LogP contribution is 2.32. The highest BCUT2D eigenvalue weighted by atomic mass is 32.2. The van der Waals surface area contributed by atoms with Crippen LogP contribution in [0.3, 0.4) is 0 Å². The molecule has 1 saturated heterocycles. The fraction of sp³-hybridized carbons (Fsp3) is 0.172. The van der Waals surface area contributed by atoms with E-state index >= 15 is 0 Å². The van der Waals surface area contributed by atoms with Gasteiger partial charge in [0.2, 0.25) is 20.6 Å². The maximum atomic E-state index is 13.8. The first kappa shape index (κ1) is 26.8. The van der Waals surface area contributed by atoms with Crippen LogP contribution in [0.4, 0.5) is 5.13 Å². The number of anilines is 1. The number of fused-ring (bicyclic) bond motifs is 2. The van der Waals surface area contributed by atoms with Gasteiger partial charge in [0.05, 0.1) is 39.4 Å². The van der Waals surface area contributed by atoms with Gasteiger partial charge in [-0.3, -0.25) is 9.59 Å². The molecular formula is C29H24N4O6S2. The van der Waals surface area contributed by atoms with Gasteiger partial charge in [-0.2, -0.15) is 14.4 Å². The van der Waals surface area contributed by atoms with Crippen LogP contribution in [0.15, 0.2) is 92.2 Å². The summed E-state index contributed by atoms with van der Waals surface area (Å²) < 4.78 is 39.0. The van der Waals surface area contributed by atoms with E-state index in [1.807, 2.05) is 0 Å². The van der Waals surface area contributed by atoms with E-state index < -0.39 is 15.9 Å². The average molecular weight is 589 g/mol. The molecule has 5 aromatic rings. The van der Waals surface area contributed by atoms with Crippen molar-refractivity contribution in [3.63, 3.8) is 0 Å². The van der Waals surface area contributed by atoms with Crippen LogP contribution in [0.25, 0.3) is 21.2 Å². The van der Waals surface area contributed by atoms with Crippen molar-refractivity contribution in [3.8, 4) is 5.75 Å². The van der Waals surface area contributed by atoms with Crippen molar-refractivity contribution >= 4 is 59.8 Å². The maximum absolute atomic E-state index is 13.8. The molecule has 1 aliphatic heterocycles. The number of hydrazone groups is 1. The summed E-state index contributed by atoms with van der Waals surface area (Å²) in [7, 11) is -2.07. The minimum atomic E-state index is -3.64. The number of sulfonamides is 1. The smallest absolute Gasteiger partial charge is 0.280 e. The van der Waals surface area contributed by atoms with E-state index in [0.717, 1.165) is 22.6 Å². The number of hydrogen-bond donors (Lipinski definition) is 0. The summed E-state index contributed by atoms with van der Waals surface area (Å²) in [5.41, 5.74) is 1.12. The Morgan fingerprint density at radius 1 is 1.10 bits per heavy atom. The molecule has 12 heteroatoms. The normalized spacial score (nSPS) is 14.3. The summed E-state index contributed by atoms with van der Waals surface area (Å²) in [6.07, 6.45) is 4.20. The van der Waals surface area contributed by atoms with Crippen LogP contribution in [-0.2, 0) is 10.0 Å². The molecule has 3 aromatic carbocycles. The lowest BCUT2D eigenvalue weighted by atomic mass is 10.2. The largest absolute Gasteiger partial charge is 0.497 e. The lowest BCUT2D eigenvalue weighted by Crippen LogP contribution is -2.28. The number of ether oxygens (including phenoxy) is 1. The molecule has 1 aliphatic rings. The van der Waals surface area contributed by atoms with Gasteiger partial charge in [0.1, 0.15) is 17.6 Å². The maximum Gasteiger partial charge on any atom is 0.280 e. The van der Waals surface area contributed by atoms with Crippen LogP contribution >= 0.6 is 11.3 Å². The number of para-hydroxylation sites is 1. The Kier molecular flexibility index (Phi) is 7.12. The Labute approximate surface area is 239 Å². The number of aromatic nitrogens is 1. The number of hydrogen-bond acceptors (Lipinski definition) is 9. The summed E-state index contributed by atoms with van der Waals surface area (Å²) in [4.78, 5) is 31.5. The van der Waals surface area contributed by atoms with Crippen molar-refractivity contribution in [3.05, 3.63) is 94.3 Å². The molecule has 41 heavy (non-hydrogen) atoms. The molecule has 0 unspecified atom stereocenters. The van der Waals surface area contributed by atoms with E-state index in [1.54, 1.807) is 49.6 Å². The molecule has 0 atom stereocenters. The minimum absolute atomic E-state index is 0.117. The monoisotopic (exact) mass is 588 g/mol. The Bertz CT molecular complexity index is 1960. The van der Waals surface area contributed by atoms with Crippen LogP contribution in [-0.4, -0.2) is 50.0 Å². The van der Waals surface area contributed by atoms with Gasteiger partial charge in [0.15, 0.2) is 0 Å². The van der Waals surface area contributed by atoms with Gasteiger partial charge < -0.3 is 9.15 Å². The third-order valence-corrected chi connectivity index (χ3v) is 9.69. The van der Waals surface area contributed by atoms with Gasteiger partial charge in [0.25, 0.3) is 5.91 Å². The second-order valence-corrected chi connectivity index (χ2v) is 12.3. The Balaban J connectivity index is 1.38. The van der Waals surface area contributed by atoms with Gasteiger partial charge in [-0.15, -0.1) is 0 Å². The number of rotatable bonds is 7. The fourth-order valence-electron chi connectivity index (χ4n) is 4.57. The second kappa shape index (κ2) is 10.9. The van der Waals surface area contributed by atoms with Gasteiger partial charge in [-0.1, -0.05) is 23.5 Å². The predicted molar refractivity (Wildman–Crippen MR) is 157 cm³/mol. The molecule has 0 saturated carbocycles. The molecule has 6 rings (SSSR count). The highest BCUT2D eigenvalue weighted by Gasteiger charge is 2.28. The molecule has 0 spiro atoms. The Morgan fingerprint density at radius 3 is 2.61 bits per heavy atom. The van der Waals surface area contributed by atoms with Crippen molar-refractivity contribution in [2.24, 2.45) is 5.10 Å². The Morgan fingerprint density at radius 2 is 1.85 bits per heavy atom. The van der Waals surface area contributed by atoms with Gasteiger partial charge in [-0.05, 0) is 67.4 Å². The third kappa shape index (κ3) is 5.12. The van der Waals surface area contributed by atoms with Crippen LogP contribution < -0.4 is 15.2 Å². The summed E-state index contributed by atoms with van der Waals surface area (Å²) in [6, 6.07) is 17.9. The zero-order valence-corrected chi connectivity index (χ0v) is 23.5. The fourth-order valence-corrected chi connectivity index (χ4v) is 7.04. The van der Waals surface area contributed by atoms with Gasteiger partial charge in [0, 0.05) is 18.7 Å². The molecule has 1 amide bonds. The lowest BCUT2D eigenvalue weighted by Gasteiger charge is -2.16. The van der Waals surface area contributed by atoms with Crippen molar-refractivity contribution in [1.82, 2.24) is 9.29 Å². The van der Waals surface area contributed by atoms with E-state index in [9.17, 15) is 18.0 Å². The molecular weight excluding hydrogens is 564 g/mol. The predicted octanol–water partition coefficient (Wildman–Crippen LogP) is 4.88. The quantitative estimate of drug-likeness (QED) is 0.196. The number of nitrogens with zero attached hydrogens (tertiary/aromatic N) is 4. The summed E-state index contributed by atoms with van der Waals surface area (Å²) >= 11 is 1.22. The first-order valence-corrected chi connectivity index (χ1v) is 15.0. The highest BCUT2D eigenvalue weighted by molar-refractivity contribution is 7.89. The van der Waals surface area contributed by atoms with Crippen molar-refractivity contribution in [2.45, 2.75) is 17.7 Å². The standard InChI is InChI=1S/C29H24N4O6S2/c1-38-21-10-13-24-26(16-21)40-29(31-24)33(30-17-20-18-39-25-7-3-2-6-23(25)27(20)34)28(35)19-8-11-22(12-9-19)41(36,37)32-14-4-5-15-32/h2-3,6-13,16-18H,4-5,14-15H2,1H3/b30-17+. The Hall–Kier alpha value is -4.39. The number of benzene rings is 3. The van der Waals surface area contributed by atoms with Crippen LogP contribution in [0.1, 0.15) is 28.8 Å². The molecule has 10 nitrogen and oxygen atoms in total. The molecule has 0 aliphatic carbocycles. The zero-order chi connectivity index (χ0) is 28.6. The van der Waals surface area contributed by atoms with E-state index in [2.05, 4.69) is 10.1 Å². The number of carbonyl (C=O) groups excluding carboxylic acids is 1. The van der Waals surface area contributed by atoms with Crippen molar-refractivity contribution in [2.75, 3.05) is 25.2 Å². The van der Waals surface area contributed by atoms with Crippen molar-refractivity contribution < 1.29 is 22.4 Å². The number of carbonyl (C=O) groups is 1. The van der Waals surface area contributed by atoms with Crippen LogP contribution in [0.2, 0.25) is 0 Å². The number of methoxy groups -OCH3 is 1. The van der Waals surface area contributed by atoms with Crippen LogP contribution in [0, 0.1) is 0 Å². The van der Waals surface area contributed by atoms with Crippen molar-refractivity contribution in [1.29, 1.82) is 0 Å². The summed E-state index contributed by atoms with van der Waals surface area (Å²) in [5.74, 6) is 0.0835. The molecule has 208 valence electrons. The topological polar surface area (TPSA) is 122 Å². The first-order valence-electron chi connectivity index (χ1n) is 12.8. The van der Waals surface area contributed by atoms with Gasteiger partial charge >= 0.3 is 0 Å².